The molecule has 0 atom stereocenters. The van der Waals surface area contributed by atoms with E-state index in [0.717, 1.165) is 37.2 Å². The van der Waals surface area contributed by atoms with Crippen molar-refractivity contribution >= 4 is 17.6 Å². The van der Waals surface area contributed by atoms with E-state index < -0.39 is 0 Å². The molecule has 28 heavy (non-hydrogen) atoms. The topological polar surface area (TPSA) is 70.7 Å². The predicted molar refractivity (Wildman–Crippen MR) is 110 cm³/mol. The number of likely N-dealkylation sites (tertiary alicyclic amines) is 1. The molecule has 0 radical (unpaired) electrons. The molecule has 0 spiro atoms. The first kappa shape index (κ1) is 19.7. The van der Waals surface area contributed by atoms with Crippen molar-refractivity contribution in [2.45, 2.75) is 32.2 Å². The van der Waals surface area contributed by atoms with Crippen LogP contribution in [0.15, 0.2) is 48.5 Å². The van der Waals surface area contributed by atoms with Crippen molar-refractivity contribution in [1.29, 1.82) is 0 Å². The van der Waals surface area contributed by atoms with Gasteiger partial charge in [0.1, 0.15) is 5.75 Å². The number of ether oxygens (including phenoxy) is 1. The van der Waals surface area contributed by atoms with Gasteiger partial charge in [0, 0.05) is 36.4 Å². The molecule has 0 aliphatic carbocycles. The number of benzene rings is 2. The molecule has 1 saturated heterocycles. The fraction of sp³-hybridized carbons (Fsp3) is 0.364. The Morgan fingerprint density at radius 2 is 1.64 bits per heavy atom. The summed E-state index contributed by atoms with van der Waals surface area (Å²) < 4.78 is 5.28. The summed E-state index contributed by atoms with van der Waals surface area (Å²) in [6.07, 6.45) is 4.52. The Labute approximate surface area is 165 Å². The first-order chi connectivity index (χ1) is 13.7. The summed E-state index contributed by atoms with van der Waals surface area (Å²) in [5, 5.41) is 5.60. The van der Waals surface area contributed by atoms with Gasteiger partial charge in [-0.3, -0.25) is 4.79 Å². The summed E-state index contributed by atoms with van der Waals surface area (Å²) in [5.41, 5.74) is 2.20. The number of methoxy groups -OCH3 is 1. The highest BCUT2D eigenvalue weighted by molar-refractivity contribution is 5.95. The molecule has 0 saturated carbocycles. The van der Waals surface area contributed by atoms with Crippen LogP contribution in [0, 0.1) is 0 Å². The van der Waals surface area contributed by atoms with Crippen LogP contribution in [0.25, 0.3) is 0 Å². The Morgan fingerprint density at radius 3 is 2.32 bits per heavy atom. The Kier molecular flexibility index (Phi) is 6.89. The van der Waals surface area contributed by atoms with Crippen LogP contribution in [0.1, 0.15) is 41.6 Å². The molecule has 2 aromatic carbocycles. The summed E-state index contributed by atoms with van der Waals surface area (Å²) in [4.78, 5) is 26.7. The Hall–Kier alpha value is -3.02. The molecule has 1 fully saturated rings. The number of nitrogens with zero attached hydrogens (tertiary/aromatic N) is 1. The zero-order valence-electron chi connectivity index (χ0n) is 16.2. The number of amides is 3. The second-order valence-electron chi connectivity index (χ2n) is 6.90. The van der Waals surface area contributed by atoms with Gasteiger partial charge in [0.25, 0.3) is 5.91 Å². The lowest BCUT2D eigenvalue weighted by atomic mass is 10.1. The first-order valence-corrected chi connectivity index (χ1v) is 9.73. The normalized spacial score (nSPS) is 14.1. The molecular formula is C22H27N3O3. The molecule has 6 heteroatoms. The van der Waals surface area contributed by atoms with E-state index in [1.807, 2.05) is 29.2 Å². The highest BCUT2D eigenvalue weighted by Crippen LogP contribution is 2.17. The van der Waals surface area contributed by atoms with Crippen molar-refractivity contribution in [2.75, 3.05) is 25.5 Å². The molecule has 0 unspecified atom stereocenters. The molecule has 2 N–H and O–H groups in total. The highest BCUT2D eigenvalue weighted by atomic mass is 16.5. The number of nitrogens with one attached hydrogen (secondary N) is 2. The van der Waals surface area contributed by atoms with Gasteiger partial charge < -0.3 is 20.3 Å². The lowest BCUT2D eigenvalue weighted by Crippen LogP contribution is -2.31. The van der Waals surface area contributed by atoms with Crippen LogP contribution in [0.4, 0.5) is 10.5 Å². The molecule has 0 aromatic heterocycles. The average Bonchev–Trinajstić information content (AvgIpc) is 3.02. The van der Waals surface area contributed by atoms with E-state index in [0.29, 0.717) is 17.8 Å². The molecule has 1 aliphatic heterocycles. The summed E-state index contributed by atoms with van der Waals surface area (Å²) in [6.45, 7) is 2.01. The van der Waals surface area contributed by atoms with Gasteiger partial charge in [-0.2, -0.15) is 0 Å². The van der Waals surface area contributed by atoms with Gasteiger partial charge in [0.2, 0.25) is 0 Å². The monoisotopic (exact) mass is 381 g/mol. The molecule has 3 amide bonds. The van der Waals surface area contributed by atoms with Crippen LogP contribution < -0.4 is 15.4 Å². The van der Waals surface area contributed by atoms with E-state index in [4.69, 9.17) is 4.74 Å². The zero-order chi connectivity index (χ0) is 19.8. The maximum atomic E-state index is 12.6. The van der Waals surface area contributed by atoms with E-state index in [-0.39, 0.29) is 11.9 Å². The molecule has 1 heterocycles. The molecular weight excluding hydrogens is 354 g/mol. The number of para-hydroxylation sites is 1. The molecule has 0 bridgehead atoms. The third-order valence-electron chi connectivity index (χ3n) is 4.91. The van der Waals surface area contributed by atoms with E-state index in [1.54, 1.807) is 31.4 Å². The fourth-order valence-electron chi connectivity index (χ4n) is 3.35. The summed E-state index contributed by atoms with van der Waals surface area (Å²) in [6, 6.07) is 14.3. The van der Waals surface area contributed by atoms with Crippen molar-refractivity contribution in [3.63, 3.8) is 0 Å². The Bertz CT molecular complexity index is 797. The van der Waals surface area contributed by atoms with Crippen LogP contribution in [-0.4, -0.2) is 37.0 Å². The van der Waals surface area contributed by atoms with Crippen molar-refractivity contribution in [2.24, 2.45) is 0 Å². The number of carbonyl (C=O) groups excluding carboxylic acids is 2. The van der Waals surface area contributed by atoms with Gasteiger partial charge in [-0.25, -0.2) is 4.79 Å². The van der Waals surface area contributed by atoms with Crippen molar-refractivity contribution in [3.05, 3.63) is 59.7 Å². The quantitative estimate of drug-likeness (QED) is 0.821. The third kappa shape index (κ3) is 5.25. The second kappa shape index (κ2) is 9.78. The van der Waals surface area contributed by atoms with Crippen molar-refractivity contribution in [1.82, 2.24) is 10.2 Å². The first-order valence-electron chi connectivity index (χ1n) is 9.73. The van der Waals surface area contributed by atoms with Crippen molar-refractivity contribution < 1.29 is 14.3 Å². The van der Waals surface area contributed by atoms with Gasteiger partial charge in [-0.1, -0.05) is 31.0 Å². The summed E-state index contributed by atoms with van der Waals surface area (Å²) in [7, 11) is 1.60. The second-order valence-corrected chi connectivity index (χ2v) is 6.90. The number of hydrogen-bond donors (Lipinski definition) is 2. The van der Waals surface area contributed by atoms with Gasteiger partial charge in [-0.05, 0) is 43.2 Å². The number of carbonyl (C=O) groups is 2. The van der Waals surface area contributed by atoms with Gasteiger partial charge >= 0.3 is 6.03 Å². The average molecular weight is 381 g/mol. The molecule has 1 aliphatic rings. The standard InChI is InChI=1S/C22H27N3O3/c1-28-20-9-5-4-8-18(20)16-23-22(27)24-19-12-10-17(11-13-19)21(26)25-14-6-2-3-7-15-25/h4-5,8-13H,2-3,6-7,14-16H2,1H3,(H2,23,24,27). The smallest absolute Gasteiger partial charge is 0.319 e. The third-order valence-corrected chi connectivity index (χ3v) is 4.91. The number of urea groups is 1. The maximum absolute atomic E-state index is 12.6. The van der Waals surface area contributed by atoms with E-state index >= 15 is 0 Å². The Morgan fingerprint density at radius 1 is 0.964 bits per heavy atom. The maximum Gasteiger partial charge on any atom is 0.319 e. The van der Waals surface area contributed by atoms with Crippen LogP contribution in [0.3, 0.4) is 0 Å². The number of anilines is 1. The Balaban J connectivity index is 1.53. The van der Waals surface area contributed by atoms with E-state index in [9.17, 15) is 9.59 Å². The molecule has 2 aromatic rings. The molecule has 3 rings (SSSR count). The summed E-state index contributed by atoms with van der Waals surface area (Å²) in [5.74, 6) is 0.799. The summed E-state index contributed by atoms with van der Waals surface area (Å²) >= 11 is 0. The van der Waals surface area contributed by atoms with Gasteiger partial charge in [0.05, 0.1) is 7.11 Å². The molecule has 148 valence electrons. The minimum absolute atomic E-state index is 0.0640. The van der Waals surface area contributed by atoms with Crippen LogP contribution in [0.2, 0.25) is 0 Å². The SMILES string of the molecule is COc1ccccc1CNC(=O)Nc1ccc(C(=O)N2CCCCCC2)cc1. The van der Waals surface area contributed by atoms with Crippen LogP contribution in [0.5, 0.6) is 5.75 Å². The largest absolute Gasteiger partial charge is 0.496 e. The lowest BCUT2D eigenvalue weighted by Gasteiger charge is -2.20. The predicted octanol–water partition coefficient (Wildman–Crippen LogP) is 4.03. The number of rotatable bonds is 5. The molecule has 6 nitrogen and oxygen atoms in total. The van der Waals surface area contributed by atoms with Gasteiger partial charge in [-0.15, -0.1) is 0 Å². The number of hydrogen-bond acceptors (Lipinski definition) is 3. The van der Waals surface area contributed by atoms with E-state index in [2.05, 4.69) is 10.6 Å². The highest BCUT2D eigenvalue weighted by Gasteiger charge is 2.17. The fourth-order valence-corrected chi connectivity index (χ4v) is 3.35. The van der Waals surface area contributed by atoms with Crippen LogP contribution in [-0.2, 0) is 6.54 Å². The zero-order valence-corrected chi connectivity index (χ0v) is 16.2. The van der Waals surface area contributed by atoms with Gasteiger partial charge in [0.15, 0.2) is 0 Å². The van der Waals surface area contributed by atoms with E-state index in [1.165, 1.54) is 12.8 Å². The minimum atomic E-state index is -0.308. The lowest BCUT2D eigenvalue weighted by molar-refractivity contribution is 0.0761. The van der Waals surface area contributed by atoms with Crippen LogP contribution >= 0.6 is 0 Å². The van der Waals surface area contributed by atoms with Crippen molar-refractivity contribution in [3.8, 4) is 5.75 Å². The minimum Gasteiger partial charge on any atom is -0.496 e.